The molecule has 0 unspecified atom stereocenters. The van der Waals surface area contributed by atoms with Crippen LogP contribution in [-0.4, -0.2) is 20.8 Å². The van der Waals surface area contributed by atoms with E-state index in [0.717, 1.165) is 47.9 Å². The third-order valence-corrected chi connectivity index (χ3v) is 3.88. The quantitative estimate of drug-likeness (QED) is 0.617. The number of ether oxygens (including phenoxy) is 3. The molecule has 0 aliphatic rings. The van der Waals surface area contributed by atoms with Gasteiger partial charge in [0.1, 0.15) is 5.75 Å². The van der Waals surface area contributed by atoms with Gasteiger partial charge in [-0.05, 0) is 42.7 Å². The molecule has 142 valence electrons. The second-order valence-electron chi connectivity index (χ2n) is 5.66. The fourth-order valence-corrected chi connectivity index (χ4v) is 2.69. The number of rotatable bonds is 10. The van der Waals surface area contributed by atoms with Gasteiger partial charge in [-0.25, -0.2) is 0 Å². The molecule has 1 N–H and O–H groups in total. The summed E-state index contributed by atoms with van der Waals surface area (Å²) < 4.78 is 16.5. The van der Waals surface area contributed by atoms with Gasteiger partial charge in [0, 0.05) is 18.7 Å². The third-order valence-electron chi connectivity index (χ3n) is 3.88. The molecule has 0 heterocycles. The Kier molecular flexibility index (Phi) is 9.63. The van der Waals surface area contributed by atoms with Gasteiger partial charge in [-0.3, -0.25) is 0 Å². The van der Waals surface area contributed by atoms with Gasteiger partial charge in [0.25, 0.3) is 0 Å². The average Bonchev–Trinajstić information content (AvgIpc) is 2.64. The van der Waals surface area contributed by atoms with Crippen LogP contribution in [0.25, 0.3) is 0 Å². The maximum Gasteiger partial charge on any atom is 0.164 e. The van der Waals surface area contributed by atoms with Crippen molar-refractivity contribution in [3.8, 4) is 17.2 Å². The minimum absolute atomic E-state index is 0. The Morgan fingerprint density at radius 3 is 2.27 bits per heavy atom. The Balaban J connectivity index is 0.00000338. The molecule has 0 radical (unpaired) electrons. The van der Waals surface area contributed by atoms with Crippen molar-refractivity contribution in [2.24, 2.45) is 0 Å². The fraction of sp³-hybridized carbons (Fsp3) is 0.333. The van der Waals surface area contributed by atoms with Crippen LogP contribution >= 0.6 is 12.4 Å². The van der Waals surface area contributed by atoms with E-state index in [0.29, 0.717) is 6.61 Å². The van der Waals surface area contributed by atoms with Gasteiger partial charge in [-0.2, -0.15) is 0 Å². The van der Waals surface area contributed by atoms with E-state index in [9.17, 15) is 0 Å². The lowest BCUT2D eigenvalue weighted by atomic mass is 10.1. The summed E-state index contributed by atoms with van der Waals surface area (Å²) in [5, 5.41) is 3.46. The number of nitrogens with one attached hydrogen (secondary N) is 1. The first-order valence-electron chi connectivity index (χ1n) is 8.48. The van der Waals surface area contributed by atoms with Crippen molar-refractivity contribution >= 4 is 12.4 Å². The molecule has 0 fully saturated rings. The fourth-order valence-electron chi connectivity index (χ4n) is 2.69. The van der Waals surface area contributed by atoms with E-state index in [1.165, 1.54) is 5.56 Å². The van der Waals surface area contributed by atoms with Gasteiger partial charge in [0.2, 0.25) is 0 Å². The summed E-state index contributed by atoms with van der Waals surface area (Å²) in [6.07, 6.45) is 2.63. The minimum Gasteiger partial charge on any atom is -0.497 e. The van der Waals surface area contributed by atoms with Crippen LogP contribution in [0.1, 0.15) is 23.6 Å². The van der Waals surface area contributed by atoms with Gasteiger partial charge < -0.3 is 19.5 Å². The summed E-state index contributed by atoms with van der Waals surface area (Å²) in [5.41, 5.74) is 3.47. The van der Waals surface area contributed by atoms with Crippen LogP contribution < -0.4 is 19.5 Å². The van der Waals surface area contributed by atoms with Crippen LogP contribution in [0.4, 0.5) is 0 Å². The standard InChI is InChI=1S/C21H27NO3.ClH/c1-5-7-18-12-17(13-20(24-4)21(18)25-6-2)15-22-14-16-8-10-19(23-3)11-9-16;/h5,8-13,22H,1,6-7,14-15H2,2-4H3;1H. The molecule has 0 saturated carbocycles. The number of allylic oxidation sites excluding steroid dienone is 1. The second-order valence-corrected chi connectivity index (χ2v) is 5.66. The molecule has 2 aromatic rings. The van der Waals surface area contributed by atoms with Crippen molar-refractivity contribution in [3.05, 3.63) is 65.7 Å². The predicted octanol–water partition coefficient (Wildman–Crippen LogP) is 4.54. The minimum atomic E-state index is 0. The van der Waals surface area contributed by atoms with E-state index in [2.05, 4.69) is 30.1 Å². The molecule has 5 heteroatoms. The van der Waals surface area contributed by atoms with Gasteiger partial charge in [-0.15, -0.1) is 19.0 Å². The largest absolute Gasteiger partial charge is 0.497 e. The molecule has 26 heavy (non-hydrogen) atoms. The molecule has 0 spiro atoms. The van der Waals surface area contributed by atoms with Crippen LogP contribution in [0.2, 0.25) is 0 Å². The lowest BCUT2D eigenvalue weighted by Crippen LogP contribution is -2.13. The number of hydrogen-bond donors (Lipinski definition) is 1. The summed E-state index contributed by atoms with van der Waals surface area (Å²) in [7, 11) is 3.34. The van der Waals surface area contributed by atoms with E-state index in [1.807, 2.05) is 31.2 Å². The van der Waals surface area contributed by atoms with Gasteiger partial charge in [-0.1, -0.05) is 24.3 Å². The molecule has 0 bridgehead atoms. The predicted molar refractivity (Wildman–Crippen MR) is 109 cm³/mol. The van der Waals surface area contributed by atoms with Gasteiger partial charge in [0.15, 0.2) is 11.5 Å². The molecule has 2 rings (SSSR count). The van der Waals surface area contributed by atoms with Crippen molar-refractivity contribution in [2.45, 2.75) is 26.4 Å². The summed E-state index contributed by atoms with van der Waals surface area (Å²) in [5.74, 6) is 2.44. The monoisotopic (exact) mass is 377 g/mol. The summed E-state index contributed by atoms with van der Waals surface area (Å²) >= 11 is 0. The highest BCUT2D eigenvalue weighted by molar-refractivity contribution is 5.85. The maximum absolute atomic E-state index is 5.76. The molecule has 0 atom stereocenters. The SMILES string of the molecule is C=CCc1cc(CNCc2ccc(OC)cc2)cc(OC)c1OCC.Cl. The molecule has 0 aliphatic heterocycles. The van der Waals surface area contributed by atoms with Crippen molar-refractivity contribution in [2.75, 3.05) is 20.8 Å². The van der Waals surface area contributed by atoms with Crippen molar-refractivity contribution < 1.29 is 14.2 Å². The smallest absolute Gasteiger partial charge is 0.164 e. The summed E-state index contributed by atoms with van der Waals surface area (Å²) in [6.45, 7) is 7.95. The molecule has 0 aliphatic carbocycles. The van der Waals surface area contributed by atoms with E-state index in [4.69, 9.17) is 14.2 Å². The number of hydrogen-bond acceptors (Lipinski definition) is 4. The first-order valence-corrected chi connectivity index (χ1v) is 8.48. The van der Waals surface area contributed by atoms with Crippen molar-refractivity contribution in [1.29, 1.82) is 0 Å². The topological polar surface area (TPSA) is 39.7 Å². The lowest BCUT2D eigenvalue weighted by molar-refractivity contribution is 0.308. The Bertz CT molecular complexity index is 686. The Labute approximate surface area is 162 Å². The highest BCUT2D eigenvalue weighted by Crippen LogP contribution is 2.33. The Hall–Kier alpha value is -2.17. The normalized spacial score (nSPS) is 9.96. The molecule has 0 aromatic heterocycles. The van der Waals surface area contributed by atoms with Crippen LogP contribution in [0.3, 0.4) is 0 Å². The van der Waals surface area contributed by atoms with Gasteiger partial charge >= 0.3 is 0 Å². The third kappa shape index (κ3) is 5.97. The Morgan fingerprint density at radius 1 is 1.00 bits per heavy atom. The zero-order valence-corrected chi connectivity index (χ0v) is 16.5. The van der Waals surface area contributed by atoms with E-state index in [1.54, 1.807) is 14.2 Å². The zero-order valence-electron chi connectivity index (χ0n) is 15.7. The molecule has 0 saturated heterocycles. The molecular weight excluding hydrogens is 350 g/mol. The van der Waals surface area contributed by atoms with Crippen LogP contribution in [0, 0.1) is 0 Å². The highest BCUT2D eigenvalue weighted by atomic mass is 35.5. The number of halogens is 1. The number of methoxy groups -OCH3 is 2. The van der Waals surface area contributed by atoms with Crippen molar-refractivity contribution in [3.63, 3.8) is 0 Å². The summed E-state index contributed by atoms with van der Waals surface area (Å²) in [4.78, 5) is 0. The maximum atomic E-state index is 5.76. The highest BCUT2D eigenvalue weighted by Gasteiger charge is 2.12. The molecular formula is C21H28ClNO3. The Morgan fingerprint density at radius 2 is 1.69 bits per heavy atom. The average molecular weight is 378 g/mol. The first kappa shape index (κ1) is 21.9. The second kappa shape index (κ2) is 11.4. The molecule has 4 nitrogen and oxygen atoms in total. The van der Waals surface area contributed by atoms with E-state index >= 15 is 0 Å². The first-order chi connectivity index (χ1) is 12.2. The van der Waals surface area contributed by atoms with Crippen LogP contribution in [-0.2, 0) is 19.5 Å². The van der Waals surface area contributed by atoms with Gasteiger partial charge in [0.05, 0.1) is 20.8 Å². The van der Waals surface area contributed by atoms with Crippen molar-refractivity contribution in [1.82, 2.24) is 5.32 Å². The summed E-state index contributed by atoms with van der Waals surface area (Å²) in [6, 6.07) is 12.2. The van der Waals surface area contributed by atoms with E-state index < -0.39 is 0 Å². The number of benzene rings is 2. The van der Waals surface area contributed by atoms with Crippen LogP contribution in [0.5, 0.6) is 17.2 Å². The zero-order chi connectivity index (χ0) is 18.1. The lowest BCUT2D eigenvalue weighted by Gasteiger charge is -2.16. The van der Waals surface area contributed by atoms with E-state index in [-0.39, 0.29) is 12.4 Å². The van der Waals surface area contributed by atoms with Crippen LogP contribution in [0.15, 0.2) is 49.1 Å². The molecule has 0 amide bonds. The molecule has 2 aromatic carbocycles.